The highest BCUT2D eigenvalue weighted by atomic mass is 16.2. The van der Waals surface area contributed by atoms with Crippen molar-refractivity contribution >= 4 is 13.9 Å². The Hall–Kier alpha value is -1.25. The first-order valence-corrected chi connectivity index (χ1v) is 5.09. The van der Waals surface area contributed by atoms with E-state index >= 15 is 0 Å². The lowest BCUT2D eigenvalue weighted by atomic mass is 9.85. The lowest BCUT2D eigenvalue weighted by molar-refractivity contribution is 0.0880. The van der Waals surface area contributed by atoms with E-state index in [9.17, 15) is 4.79 Å². The smallest absolute Gasteiger partial charge is 0.241 e. The van der Waals surface area contributed by atoms with Gasteiger partial charge in [0.2, 0.25) is 13.9 Å². The van der Waals surface area contributed by atoms with Gasteiger partial charge in [0.05, 0.1) is 0 Å². The van der Waals surface area contributed by atoms with Crippen molar-refractivity contribution in [3.8, 4) is 0 Å². The summed E-state index contributed by atoms with van der Waals surface area (Å²) < 4.78 is 0. The summed E-state index contributed by atoms with van der Waals surface area (Å²) in [6.45, 7) is 7.00. The van der Waals surface area contributed by atoms with E-state index < -0.39 is 0 Å². The summed E-state index contributed by atoms with van der Waals surface area (Å²) in [4.78, 5) is 12.8. The van der Waals surface area contributed by atoms with E-state index in [0.29, 0.717) is 6.54 Å². The van der Waals surface area contributed by atoms with Crippen LogP contribution in [0.4, 0.5) is 0 Å². The van der Waals surface area contributed by atoms with E-state index in [1.54, 1.807) is 0 Å². The van der Waals surface area contributed by atoms with Crippen LogP contribution in [0, 0.1) is 0 Å². The maximum atomic E-state index is 11.6. The van der Waals surface area contributed by atoms with Gasteiger partial charge in [0.15, 0.2) is 0 Å². The highest BCUT2D eigenvalue weighted by molar-refractivity contribution is 6.19. The molecule has 0 N–H and O–H groups in total. The zero-order valence-corrected chi connectivity index (χ0v) is 9.37. The number of nitrogens with zero attached hydrogens (tertiary/aromatic N) is 1. The number of rotatable bonds is 0. The molecule has 76 valence electrons. The molecule has 0 fully saturated rings. The van der Waals surface area contributed by atoms with Crippen molar-refractivity contribution in [2.45, 2.75) is 32.7 Å². The molecule has 0 atom stereocenters. The molecule has 2 rings (SSSR count). The van der Waals surface area contributed by atoms with Crippen LogP contribution in [0.15, 0.2) is 18.2 Å². The Morgan fingerprint density at radius 3 is 2.60 bits per heavy atom. The Morgan fingerprint density at radius 1 is 1.33 bits per heavy atom. The Bertz CT molecular complexity index is 420. The maximum Gasteiger partial charge on any atom is 0.241 e. The summed E-state index contributed by atoms with van der Waals surface area (Å²) in [5.74, 6) is -0.0783. The molecule has 1 aliphatic heterocycles. The summed E-state index contributed by atoms with van der Waals surface area (Å²) in [5.41, 5.74) is 3.13. The molecule has 0 spiro atoms. The van der Waals surface area contributed by atoms with E-state index in [1.165, 1.54) is 10.4 Å². The molecule has 3 heteroatoms. The molecule has 0 saturated heterocycles. The molecule has 0 aliphatic carbocycles. The lowest BCUT2D eigenvalue weighted by Gasteiger charge is -2.19. The van der Waals surface area contributed by atoms with Gasteiger partial charge in [-0.05, 0) is 22.6 Å². The Balaban J connectivity index is 2.47. The minimum atomic E-state index is -0.0783. The first-order valence-electron chi connectivity index (χ1n) is 5.09. The van der Waals surface area contributed by atoms with Crippen LogP contribution in [0.2, 0.25) is 0 Å². The average Bonchev–Trinajstić information content (AvgIpc) is 2.41. The average molecular weight is 199 g/mol. The van der Waals surface area contributed by atoms with Gasteiger partial charge in [-0.3, -0.25) is 4.79 Å². The third-order valence-electron chi connectivity index (χ3n) is 2.80. The molecule has 1 heterocycles. The summed E-state index contributed by atoms with van der Waals surface area (Å²) in [7, 11) is 5.57. The SMILES string of the molecule is [B]N1Cc2cc(C(C)(C)C)ccc2C1=O. The van der Waals surface area contributed by atoms with Gasteiger partial charge in [0.1, 0.15) is 0 Å². The van der Waals surface area contributed by atoms with Gasteiger partial charge >= 0.3 is 0 Å². The number of fused-ring (bicyclic) bond motifs is 1. The van der Waals surface area contributed by atoms with Gasteiger partial charge in [-0.25, -0.2) is 0 Å². The fraction of sp³-hybridized carbons (Fsp3) is 0.417. The van der Waals surface area contributed by atoms with Crippen LogP contribution in [-0.4, -0.2) is 18.7 Å². The van der Waals surface area contributed by atoms with Crippen molar-refractivity contribution < 1.29 is 4.79 Å². The van der Waals surface area contributed by atoms with Gasteiger partial charge < -0.3 is 4.81 Å². The normalized spacial score (nSPS) is 15.7. The number of benzene rings is 1. The van der Waals surface area contributed by atoms with Crippen LogP contribution in [0.25, 0.3) is 0 Å². The monoisotopic (exact) mass is 199 g/mol. The van der Waals surface area contributed by atoms with Gasteiger partial charge in [-0.2, -0.15) is 0 Å². The molecule has 0 bridgehead atoms. The predicted octanol–water partition coefficient (Wildman–Crippen LogP) is 2.02. The van der Waals surface area contributed by atoms with Gasteiger partial charge in [0, 0.05) is 12.1 Å². The Labute approximate surface area is 91.7 Å². The summed E-state index contributed by atoms with van der Waals surface area (Å²) in [5, 5.41) is 0. The fourth-order valence-electron chi connectivity index (χ4n) is 1.81. The molecule has 1 aromatic rings. The Morgan fingerprint density at radius 2 is 2.00 bits per heavy atom. The number of carbonyl (C=O) groups excluding carboxylic acids is 1. The first kappa shape index (κ1) is 10.3. The lowest BCUT2D eigenvalue weighted by Crippen LogP contribution is -2.19. The maximum absolute atomic E-state index is 11.6. The largest absolute Gasteiger partial charge is 0.389 e. The third-order valence-corrected chi connectivity index (χ3v) is 2.80. The van der Waals surface area contributed by atoms with Crippen LogP contribution < -0.4 is 0 Å². The van der Waals surface area contributed by atoms with Crippen molar-refractivity contribution in [1.82, 2.24) is 4.81 Å². The van der Waals surface area contributed by atoms with Crippen LogP contribution >= 0.6 is 0 Å². The van der Waals surface area contributed by atoms with Gasteiger partial charge in [0.25, 0.3) is 0 Å². The van der Waals surface area contributed by atoms with Crippen molar-refractivity contribution in [3.05, 3.63) is 34.9 Å². The molecular weight excluding hydrogens is 185 g/mol. The second-order valence-corrected chi connectivity index (χ2v) is 5.05. The summed E-state index contributed by atoms with van der Waals surface area (Å²) >= 11 is 0. The minimum absolute atomic E-state index is 0.0783. The van der Waals surface area contributed by atoms with E-state index in [1.807, 2.05) is 12.1 Å². The summed E-state index contributed by atoms with van der Waals surface area (Å²) in [6, 6.07) is 5.97. The van der Waals surface area contributed by atoms with E-state index in [-0.39, 0.29) is 11.3 Å². The summed E-state index contributed by atoms with van der Waals surface area (Å²) in [6.07, 6.45) is 0. The zero-order chi connectivity index (χ0) is 11.2. The van der Waals surface area contributed by atoms with Crippen molar-refractivity contribution in [3.63, 3.8) is 0 Å². The second kappa shape index (κ2) is 3.12. The first-order chi connectivity index (χ1) is 6.89. The van der Waals surface area contributed by atoms with E-state index in [0.717, 1.165) is 11.1 Å². The predicted molar refractivity (Wildman–Crippen MR) is 60.8 cm³/mol. The van der Waals surface area contributed by atoms with Crippen molar-refractivity contribution in [1.29, 1.82) is 0 Å². The Kier molecular flexibility index (Phi) is 2.14. The fourth-order valence-corrected chi connectivity index (χ4v) is 1.81. The van der Waals surface area contributed by atoms with Gasteiger partial charge in [-0.1, -0.05) is 32.9 Å². The van der Waals surface area contributed by atoms with Crippen molar-refractivity contribution in [2.75, 3.05) is 0 Å². The topological polar surface area (TPSA) is 20.3 Å². The standard InChI is InChI=1S/C12H14BNO/c1-12(2,3)9-4-5-10-8(6-9)7-14(13)11(10)15/h4-6H,7H2,1-3H3. The number of hydrogen-bond acceptors (Lipinski definition) is 1. The van der Waals surface area contributed by atoms with E-state index in [2.05, 4.69) is 26.8 Å². The van der Waals surface area contributed by atoms with Crippen LogP contribution in [0.3, 0.4) is 0 Å². The second-order valence-electron chi connectivity index (χ2n) is 5.05. The molecule has 0 aromatic heterocycles. The molecule has 0 unspecified atom stereocenters. The van der Waals surface area contributed by atoms with Crippen LogP contribution in [-0.2, 0) is 12.0 Å². The third kappa shape index (κ3) is 1.67. The molecular formula is C12H14BNO. The van der Waals surface area contributed by atoms with Crippen LogP contribution in [0.5, 0.6) is 0 Å². The number of carbonyl (C=O) groups is 1. The highest BCUT2D eigenvalue weighted by Crippen LogP contribution is 2.28. The molecule has 2 radical (unpaired) electrons. The molecule has 1 amide bonds. The number of hydrogen-bond donors (Lipinski definition) is 0. The molecule has 2 nitrogen and oxygen atoms in total. The molecule has 1 aliphatic rings. The molecule has 15 heavy (non-hydrogen) atoms. The van der Waals surface area contributed by atoms with Crippen LogP contribution in [0.1, 0.15) is 42.3 Å². The van der Waals surface area contributed by atoms with Gasteiger partial charge in [-0.15, -0.1) is 0 Å². The van der Waals surface area contributed by atoms with Crippen molar-refractivity contribution in [2.24, 2.45) is 0 Å². The quantitative estimate of drug-likeness (QED) is 0.585. The van der Waals surface area contributed by atoms with E-state index in [4.69, 9.17) is 7.98 Å². The highest BCUT2D eigenvalue weighted by Gasteiger charge is 2.25. The molecule has 1 aromatic carbocycles. The minimum Gasteiger partial charge on any atom is -0.389 e. The zero-order valence-electron chi connectivity index (χ0n) is 9.37. The molecule has 0 saturated carbocycles. The number of amides is 1.